The highest BCUT2D eigenvalue weighted by Gasteiger charge is 2.57. The summed E-state index contributed by atoms with van der Waals surface area (Å²) in [5, 5.41) is 0. The summed E-state index contributed by atoms with van der Waals surface area (Å²) >= 11 is 0. The van der Waals surface area contributed by atoms with Crippen LogP contribution in [-0.4, -0.2) is 43.5 Å². The Hall–Kier alpha value is -2.67. The van der Waals surface area contributed by atoms with Crippen molar-refractivity contribution in [3.8, 4) is 0 Å². The standard InChI is InChI=1S/C20H24O7/c1-4-24-18(22)20(19(23)25-5-2,13-15-9-7-6-8-10-15)16-11-12-17(27-16)26-14(3)21/h6-12,16-17H,4-5,13H2,1-3H3/t16-,17+/m1/s1. The summed E-state index contributed by atoms with van der Waals surface area (Å²) in [6.45, 7) is 4.75. The van der Waals surface area contributed by atoms with Gasteiger partial charge in [0.05, 0.1) is 13.2 Å². The van der Waals surface area contributed by atoms with Crippen LogP contribution >= 0.6 is 0 Å². The predicted octanol–water partition coefficient (Wildman–Crippen LogP) is 2.19. The summed E-state index contributed by atoms with van der Waals surface area (Å²) < 4.78 is 21.1. The maximum Gasteiger partial charge on any atom is 0.326 e. The fraction of sp³-hybridized carbons (Fsp3) is 0.450. The minimum atomic E-state index is -1.75. The molecule has 0 spiro atoms. The fourth-order valence-corrected chi connectivity index (χ4v) is 2.94. The van der Waals surface area contributed by atoms with Gasteiger partial charge in [0.2, 0.25) is 6.29 Å². The van der Waals surface area contributed by atoms with Crippen molar-refractivity contribution >= 4 is 17.9 Å². The molecule has 1 aliphatic rings. The maximum atomic E-state index is 13.0. The number of esters is 3. The van der Waals surface area contributed by atoms with Crippen molar-refractivity contribution in [2.24, 2.45) is 5.41 Å². The Bertz CT molecular complexity index is 678. The molecule has 0 aliphatic carbocycles. The molecule has 0 saturated carbocycles. The molecule has 0 N–H and O–H groups in total. The van der Waals surface area contributed by atoms with E-state index >= 15 is 0 Å². The zero-order valence-corrected chi connectivity index (χ0v) is 15.7. The van der Waals surface area contributed by atoms with E-state index in [1.165, 1.54) is 19.1 Å². The van der Waals surface area contributed by atoms with Crippen LogP contribution in [0.5, 0.6) is 0 Å². The number of benzene rings is 1. The van der Waals surface area contributed by atoms with Gasteiger partial charge in [-0.05, 0) is 25.5 Å². The molecule has 1 aromatic carbocycles. The van der Waals surface area contributed by atoms with Gasteiger partial charge in [0.15, 0.2) is 5.41 Å². The van der Waals surface area contributed by atoms with Crippen LogP contribution in [-0.2, 0) is 39.8 Å². The molecule has 27 heavy (non-hydrogen) atoms. The third-order valence-corrected chi connectivity index (χ3v) is 4.10. The summed E-state index contributed by atoms with van der Waals surface area (Å²) in [6, 6.07) is 9.06. The van der Waals surface area contributed by atoms with E-state index in [0.717, 1.165) is 5.56 Å². The number of hydrogen-bond donors (Lipinski definition) is 0. The molecule has 146 valence electrons. The van der Waals surface area contributed by atoms with Crippen LogP contribution in [0.4, 0.5) is 0 Å². The summed E-state index contributed by atoms with van der Waals surface area (Å²) in [4.78, 5) is 37.1. The monoisotopic (exact) mass is 376 g/mol. The third kappa shape index (κ3) is 4.74. The van der Waals surface area contributed by atoms with Gasteiger partial charge in [-0.2, -0.15) is 0 Å². The zero-order chi connectivity index (χ0) is 19.9. The van der Waals surface area contributed by atoms with Crippen molar-refractivity contribution in [1.82, 2.24) is 0 Å². The number of rotatable bonds is 8. The van der Waals surface area contributed by atoms with E-state index in [4.69, 9.17) is 18.9 Å². The van der Waals surface area contributed by atoms with Crippen molar-refractivity contribution in [3.63, 3.8) is 0 Å². The van der Waals surface area contributed by atoms with Crippen molar-refractivity contribution in [1.29, 1.82) is 0 Å². The molecule has 0 amide bonds. The molecule has 2 atom stereocenters. The quantitative estimate of drug-likeness (QED) is 0.297. The molecule has 7 heteroatoms. The van der Waals surface area contributed by atoms with Gasteiger partial charge in [-0.1, -0.05) is 36.4 Å². The van der Waals surface area contributed by atoms with Crippen LogP contribution in [0.15, 0.2) is 42.5 Å². The first-order valence-electron chi connectivity index (χ1n) is 8.83. The van der Waals surface area contributed by atoms with Gasteiger partial charge in [-0.3, -0.25) is 14.4 Å². The second-order valence-electron chi connectivity index (χ2n) is 5.99. The first-order chi connectivity index (χ1) is 12.9. The lowest BCUT2D eigenvalue weighted by atomic mass is 9.76. The van der Waals surface area contributed by atoms with Crippen LogP contribution in [0.1, 0.15) is 26.3 Å². The minimum Gasteiger partial charge on any atom is -0.465 e. The molecule has 0 radical (unpaired) electrons. The maximum absolute atomic E-state index is 13.0. The van der Waals surface area contributed by atoms with Crippen molar-refractivity contribution < 1.29 is 33.3 Å². The smallest absolute Gasteiger partial charge is 0.326 e. The van der Waals surface area contributed by atoms with Crippen LogP contribution in [0.25, 0.3) is 0 Å². The lowest BCUT2D eigenvalue weighted by Crippen LogP contribution is -2.52. The SMILES string of the molecule is CCOC(=O)C(Cc1ccccc1)(C(=O)OCC)[C@H]1C=C[C@@H](OC(C)=O)O1. The molecule has 0 saturated heterocycles. The van der Waals surface area contributed by atoms with Gasteiger partial charge >= 0.3 is 17.9 Å². The molecule has 0 bridgehead atoms. The first-order valence-corrected chi connectivity index (χ1v) is 8.83. The molecule has 2 rings (SSSR count). The Morgan fingerprint density at radius 2 is 1.59 bits per heavy atom. The summed E-state index contributed by atoms with van der Waals surface area (Å²) in [7, 11) is 0. The van der Waals surface area contributed by atoms with Crippen LogP contribution < -0.4 is 0 Å². The van der Waals surface area contributed by atoms with E-state index in [-0.39, 0.29) is 19.6 Å². The highest BCUT2D eigenvalue weighted by Crippen LogP contribution is 2.37. The molecule has 0 fully saturated rings. The van der Waals surface area contributed by atoms with Gasteiger partial charge < -0.3 is 18.9 Å². The van der Waals surface area contributed by atoms with Crippen LogP contribution in [0, 0.1) is 5.41 Å². The molecule has 0 aromatic heterocycles. The van der Waals surface area contributed by atoms with E-state index in [2.05, 4.69) is 0 Å². The summed E-state index contributed by atoms with van der Waals surface area (Å²) in [6.07, 6.45) is 1.06. The second-order valence-corrected chi connectivity index (χ2v) is 5.99. The van der Waals surface area contributed by atoms with Crippen LogP contribution in [0.2, 0.25) is 0 Å². The summed E-state index contributed by atoms with van der Waals surface area (Å²) in [5.74, 6) is -2.03. The van der Waals surface area contributed by atoms with Gasteiger partial charge in [0.25, 0.3) is 0 Å². The van der Waals surface area contributed by atoms with Gasteiger partial charge in [0.1, 0.15) is 6.10 Å². The predicted molar refractivity (Wildman–Crippen MR) is 95.4 cm³/mol. The average molecular weight is 376 g/mol. The Morgan fingerprint density at radius 3 is 2.11 bits per heavy atom. The molecule has 1 aromatic rings. The number of carbonyl (C=O) groups excluding carboxylic acids is 3. The number of ether oxygens (including phenoxy) is 4. The topological polar surface area (TPSA) is 88.1 Å². The van der Waals surface area contributed by atoms with Gasteiger partial charge in [-0.25, -0.2) is 0 Å². The molecule has 7 nitrogen and oxygen atoms in total. The number of carbonyl (C=O) groups is 3. The molecule has 1 heterocycles. The normalized spacial score (nSPS) is 18.8. The summed E-state index contributed by atoms with van der Waals surface area (Å²) in [5.41, 5.74) is -1.01. The fourth-order valence-electron chi connectivity index (χ4n) is 2.94. The Kier molecular flexibility index (Phi) is 7.12. The largest absolute Gasteiger partial charge is 0.465 e. The van der Waals surface area contributed by atoms with E-state index in [9.17, 15) is 14.4 Å². The molecular weight excluding hydrogens is 352 g/mol. The highest BCUT2D eigenvalue weighted by atomic mass is 16.7. The van der Waals surface area contributed by atoms with Crippen LogP contribution in [0.3, 0.4) is 0 Å². The number of hydrogen-bond acceptors (Lipinski definition) is 7. The molecular formula is C20H24O7. The first kappa shape index (κ1) is 20.6. The third-order valence-electron chi connectivity index (χ3n) is 4.10. The molecule has 0 unspecified atom stereocenters. The average Bonchev–Trinajstić information content (AvgIpc) is 3.08. The lowest BCUT2D eigenvalue weighted by molar-refractivity contribution is -0.194. The van der Waals surface area contributed by atoms with Crippen molar-refractivity contribution in [3.05, 3.63) is 48.0 Å². The zero-order valence-electron chi connectivity index (χ0n) is 15.7. The minimum absolute atomic E-state index is 0.0211. The Labute approximate surface area is 158 Å². The van der Waals surface area contributed by atoms with Gasteiger partial charge in [0, 0.05) is 13.3 Å². The van der Waals surface area contributed by atoms with Gasteiger partial charge in [-0.15, -0.1) is 0 Å². The van der Waals surface area contributed by atoms with E-state index in [1.54, 1.807) is 26.0 Å². The Balaban J connectivity index is 2.44. The van der Waals surface area contributed by atoms with E-state index in [1.807, 2.05) is 18.2 Å². The second kappa shape index (κ2) is 9.32. The lowest BCUT2D eigenvalue weighted by Gasteiger charge is -2.33. The highest BCUT2D eigenvalue weighted by molar-refractivity contribution is 6.01. The Morgan fingerprint density at radius 1 is 1.00 bits per heavy atom. The van der Waals surface area contributed by atoms with E-state index in [0.29, 0.717) is 0 Å². The molecule has 1 aliphatic heterocycles. The van der Waals surface area contributed by atoms with Crippen molar-refractivity contribution in [2.45, 2.75) is 39.6 Å². The van der Waals surface area contributed by atoms with Crippen molar-refractivity contribution in [2.75, 3.05) is 13.2 Å². The van der Waals surface area contributed by atoms with E-state index < -0.39 is 35.7 Å².